The lowest BCUT2D eigenvalue weighted by molar-refractivity contribution is 0.102. The van der Waals surface area contributed by atoms with E-state index in [9.17, 15) is 4.79 Å². The third-order valence-electron chi connectivity index (χ3n) is 4.70. The highest BCUT2D eigenvalue weighted by Crippen LogP contribution is 2.27. The number of nitrogens with one attached hydrogen (secondary N) is 3. The van der Waals surface area contributed by atoms with Gasteiger partial charge in [-0.3, -0.25) is 4.79 Å². The zero-order chi connectivity index (χ0) is 20.2. The second-order valence-corrected chi connectivity index (χ2v) is 7.52. The van der Waals surface area contributed by atoms with Gasteiger partial charge in [-0.1, -0.05) is 41.4 Å². The molecule has 0 bridgehead atoms. The highest BCUT2D eigenvalue weighted by atomic mass is 35.5. The fourth-order valence-electron chi connectivity index (χ4n) is 3.21. The van der Waals surface area contributed by atoms with E-state index >= 15 is 0 Å². The lowest BCUT2D eigenvalue weighted by Crippen LogP contribution is -2.42. The van der Waals surface area contributed by atoms with E-state index in [-0.39, 0.29) is 17.6 Å². The van der Waals surface area contributed by atoms with Crippen LogP contribution in [0.15, 0.2) is 54.9 Å². The summed E-state index contributed by atoms with van der Waals surface area (Å²) in [6.07, 6.45) is 1.36. The van der Waals surface area contributed by atoms with Crippen LogP contribution in [0.5, 0.6) is 0 Å². The van der Waals surface area contributed by atoms with Gasteiger partial charge in [0, 0.05) is 36.9 Å². The lowest BCUT2D eigenvalue weighted by Gasteiger charge is -2.25. The van der Waals surface area contributed by atoms with Crippen LogP contribution in [0.1, 0.15) is 22.1 Å². The van der Waals surface area contributed by atoms with Crippen molar-refractivity contribution in [2.24, 2.45) is 0 Å². The number of halogens is 2. The summed E-state index contributed by atoms with van der Waals surface area (Å²) in [6.45, 7) is 2.73. The molecule has 2 heterocycles. The topological polar surface area (TPSA) is 78.9 Å². The maximum Gasteiger partial charge on any atom is 0.274 e. The molecule has 0 saturated carbocycles. The molecule has 148 valence electrons. The van der Waals surface area contributed by atoms with Gasteiger partial charge in [0.1, 0.15) is 12.0 Å². The third-order valence-corrected chi connectivity index (χ3v) is 5.44. The number of anilines is 1. The first-order chi connectivity index (χ1) is 14.1. The molecule has 1 aromatic heterocycles. The molecule has 1 fully saturated rings. The van der Waals surface area contributed by atoms with Gasteiger partial charge >= 0.3 is 0 Å². The van der Waals surface area contributed by atoms with Crippen LogP contribution in [-0.2, 0) is 0 Å². The van der Waals surface area contributed by atoms with Crippen molar-refractivity contribution in [1.82, 2.24) is 20.6 Å². The van der Waals surface area contributed by atoms with Crippen LogP contribution in [0.4, 0.5) is 5.69 Å². The quantitative estimate of drug-likeness (QED) is 0.587. The first-order valence-corrected chi connectivity index (χ1v) is 9.98. The Kier molecular flexibility index (Phi) is 6.06. The molecule has 1 aliphatic rings. The third kappa shape index (κ3) is 4.74. The number of carbonyl (C=O) groups excluding carboxylic acids is 1. The number of hydrogen-bond acceptors (Lipinski definition) is 5. The molecule has 2 aromatic carbocycles. The molecule has 0 spiro atoms. The molecule has 0 radical (unpaired) electrons. The predicted octanol–water partition coefficient (Wildman–Crippen LogP) is 3.94. The Hall–Kier alpha value is -2.51. The number of piperazine rings is 1. The van der Waals surface area contributed by atoms with Crippen molar-refractivity contribution in [1.29, 1.82) is 0 Å². The molecule has 1 unspecified atom stereocenters. The summed E-state index contributed by atoms with van der Waals surface area (Å²) < 4.78 is 0. The van der Waals surface area contributed by atoms with Gasteiger partial charge in [-0.15, -0.1) is 0 Å². The summed E-state index contributed by atoms with van der Waals surface area (Å²) in [7, 11) is 0. The first kappa shape index (κ1) is 19.8. The Morgan fingerprint density at radius 2 is 1.93 bits per heavy atom. The molecular formula is C21H19Cl2N5O. The standard InChI is InChI=1S/C21H19Cl2N5O/c22-16-5-4-14(9-17(16)23)18-10-19(27-12-26-18)21(29)28-15-3-1-2-13(8-15)20-11-24-6-7-25-20/h1-5,8-10,12,20,24-25H,6-7,11H2,(H,28,29). The van der Waals surface area contributed by atoms with Crippen molar-refractivity contribution in [2.75, 3.05) is 25.0 Å². The van der Waals surface area contributed by atoms with Crippen molar-refractivity contribution in [3.05, 3.63) is 76.2 Å². The van der Waals surface area contributed by atoms with Crippen molar-refractivity contribution in [2.45, 2.75) is 6.04 Å². The van der Waals surface area contributed by atoms with E-state index in [1.165, 1.54) is 6.33 Å². The molecule has 29 heavy (non-hydrogen) atoms. The maximum atomic E-state index is 12.7. The van der Waals surface area contributed by atoms with Gasteiger partial charge in [-0.05, 0) is 35.9 Å². The summed E-state index contributed by atoms with van der Waals surface area (Å²) in [4.78, 5) is 21.1. The van der Waals surface area contributed by atoms with Gasteiger partial charge < -0.3 is 16.0 Å². The Morgan fingerprint density at radius 3 is 2.72 bits per heavy atom. The molecule has 1 aliphatic heterocycles. The monoisotopic (exact) mass is 427 g/mol. The second-order valence-electron chi connectivity index (χ2n) is 6.71. The van der Waals surface area contributed by atoms with Gasteiger partial charge in [0.25, 0.3) is 5.91 Å². The van der Waals surface area contributed by atoms with Crippen LogP contribution < -0.4 is 16.0 Å². The van der Waals surface area contributed by atoms with Crippen molar-refractivity contribution < 1.29 is 4.79 Å². The average Bonchev–Trinajstić information content (AvgIpc) is 2.76. The van der Waals surface area contributed by atoms with E-state index in [0.29, 0.717) is 15.7 Å². The number of amides is 1. The van der Waals surface area contributed by atoms with E-state index in [1.54, 1.807) is 24.3 Å². The molecule has 4 rings (SSSR count). The fraction of sp³-hybridized carbons (Fsp3) is 0.190. The first-order valence-electron chi connectivity index (χ1n) is 9.23. The minimum absolute atomic E-state index is 0.223. The van der Waals surface area contributed by atoms with Crippen LogP contribution in [0, 0.1) is 0 Å². The van der Waals surface area contributed by atoms with Crippen LogP contribution in [-0.4, -0.2) is 35.5 Å². The molecule has 8 heteroatoms. The van der Waals surface area contributed by atoms with Crippen LogP contribution in [0.25, 0.3) is 11.3 Å². The Bertz CT molecular complexity index is 1040. The number of benzene rings is 2. The SMILES string of the molecule is O=C(Nc1cccc(C2CNCCN2)c1)c1cc(-c2ccc(Cl)c(Cl)c2)ncn1. The van der Waals surface area contributed by atoms with Crippen LogP contribution in [0.2, 0.25) is 10.0 Å². The fourth-order valence-corrected chi connectivity index (χ4v) is 3.51. The summed E-state index contributed by atoms with van der Waals surface area (Å²) in [5.41, 5.74) is 3.45. The smallest absolute Gasteiger partial charge is 0.274 e. The molecule has 1 atom stereocenters. The summed E-state index contributed by atoms with van der Waals surface area (Å²) in [5.74, 6) is -0.305. The zero-order valence-electron chi connectivity index (χ0n) is 15.5. The van der Waals surface area contributed by atoms with Gasteiger partial charge in [0.15, 0.2) is 0 Å². The van der Waals surface area contributed by atoms with Gasteiger partial charge in [-0.25, -0.2) is 9.97 Å². The van der Waals surface area contributed by atoms with Gasteiger partial charge in [-0.2, -0.15) is 0 Å². The van der Waals surface area contributed by atoms with Crippen molar-refractivity contribution in [3.8, 4) is 11.3 Å². The van der Waals surface area contributed by atoms with Crippen LogP contribution in [0.3, 0.4) is 0 Å². The van der Waals surface area contributed by atoms with E-state index in [0.717, 1.165) is 36.4 Å². The molecule has 1 amide bonds. The average molecular weight is 428 g/mol. The highest BCUT2D eigenvalue weighted by molar-refractivity contribution is 6.42. The Morgan fingerprint density at radius 1 is 1.03 bits per heavy atom. The van der Waals surface area contributed by atoms with Gasteiger partial charge in [0.2, 0.25) is 0 Å². The van der Waals surface area contributed by atoms with Crippen molar-refractivity contribution >= 4 is 34.8 Å². The van der Waals surface area contributed by atoms with E-state index in [1.807, 2.05) is 24.3 Å². The molecule has 0 aliphatic carbocycles. The minimum atomic E-state index is -0.305. The largest absolute Gasteiger partial charge is 0.321 e. The lowest BCUT2D eigenvalue weighted by atomic mass is 10.0. The number of rotatable bonds is 4. The summed E-state index contributed by atoms with van der Waals surface area (Å²) in [5, 5.41) is 10.6. The second kappa shape index (κ2) is 8.88. The normalized spacial score (nSPS) is 16.4. The van der Waals surface area contributed by atoms with Crippen molar-refractivity contribution in [3.63, 3.8) is 0 Å². The van der Waals surface area contributed by atoms with E-state index < -0.39 is 0 Å². The molecule has 6 nitrogen and oxygen atoms in total. The number of aromatic nitrogens is 2. The molecule has 3 aromatic rings. The van der Waals surface area contributed by atoms with E-state index in [2.05, 4.69) is 25.9 Å². The Balaban J connectivity index is 1.52. The highest BCUT2D eigenvalue weighted by Gasteiger charge is 2.16. The summed E-state index contributed by atoms with van der Waals surface area (Å²) in [6, 6.07) is 14.9. The molecule has 3 N–H and O–H groups in total. The number of nitrogens with zero attached hydrogens (tertiary/aromatic N) is 2. The van der Waals surface area contributed by atoms with E-state index in [4.69, 9.17) is 23.2 Å². The van der Waals surface area contributed by atoms with Crippen LogP contribution >= 0.6 is 23.2 Å². The number of hydrogen-bond donors (Lipinski definition) is 3. The molecular weight excluding hydrogens is 409 g/mol. The minimum Gasteiger partial charge on any atom is -0.321 e. The molecule has 1 saturated heterocycles. The maximum absolute atomic E-state index is 12.7. The zero-order valence-corrected chi connectivity index (χ0v) is 17.0. The Labute approximate surface area is 178 Å². The summed E-state index contributed by atoms with van der Waals surface area (Å²) >= 11 is 12.1. The number of carbonyl (C=O) groups is 1. The predicted molar refractivity (Wildman–Crippen MR) is 115 cm³/mol. The van der Waals surface area contributed by atoms with Gasteiger partial charge in [0.05, 0.1) is 15.7 Å².